The molecule has 0 spiro atoms. The maximum Gasteiger partial charge on any atom is 0.330 e. The molecular formula is C12H14N2O4. The summed E-state index contributed by atoms with van der Waals surface area (Å²) in [6.45, 7) is 2.26. The number of esters is 1. The zero-order valence-corrected chi connectivity index (χ0v) is 9.94. The van der Waals surface area contributed by atoms with Crippen molar-refractivity contribution in [1.82, 2.24) is 4.98 Å². The molecule has 0 saturated heterocycles. The number of rotatable bonds is 6. The fourth-order valence-corrected chi connectivity index (χ4v) is 1.15. The third-order valence-corrected chi connectivity index (χ3v) is 1.86. The molecule has 0 aliphatic carbocycles. The van der Waals surface area contributed by atoms with E-state index in [1.165, 1.54) is 18.4 Å². The van der Waals surface area contributed by atoms with Crippen molar-refractivity contribution in [3.8, 4) is 5.75 Å². The molecule has 6 heteroatoms. The quantitative estimate of drug-likeness (QED) is 0.271. The van der Waals surface area contributed by atoms with Crippen LogP contribution in [0.25, 0.3) is 0 Å². The Kier molecular flexibility index (Phi) is 5.96. The van der Waals surface area contributed by atoms with Crippen molar-refractivity contribution in [2.75, 3.05) is 13.2 Å². The highest BCUT2D eigenvalue weighted by Gasteiger charge is 2.01. The maximum atomic E-state index is 11.0. The molecule has 0 radical (unpaired) electrons. The van der Waals surface area contributed by atoms with Crippen LogP contribution in [0.2, 0.25) is 0 Å². The molecule has 0 atom stereocenters. The Labute approximate surface area is 105 Å². The number of carbonyl (C=O) groups excluding carboxylic acids is 1. The number of hydrogen-bond acceptors (Lipinski definition) is 6. The number of ether oxygens (including phenoxy) is 2. The zero-order valence-electron chi connectivity index (χ0n) is 9.94. The molecule has 0 bridgehead atoms. The number of carbonyl (C=O) groups is 1. The van der Waals surface area contributed by atoms with Gasteiger partial charge in [0.25, 0.3) is 0 Å². The minimum atomic E-state index is -0.413. The van der Waals surface area contributed by atoms with Gasteiger partial charge in [0.1, 0.15) is 18.1 Å². The van der Waals surface area contributed by atoms with Crippen LogP contribution in [0.4, 0.5) is 0 Å². The lowest BCUT2D eigenvalue weighted by atomic mass is 10.3. The van der Waals surface area contributed by atoms with E-state index in [1.54, 1.807) is 25.3 Å². The standard InChI is InChI=1S/C12H14N2O4/c1-2-17-12(15)6-4-8-18-11-5-3-7-13-10(11)9-14-16/h3-7,9,16H,2,8H2,1H3/b6-4+,14-9-. The smallest absolute Gasteiger partial charge is 0.330 e. The number of aromatic nitrogens is 1. The van der Waals surface area contributed by atoms with E-state index in [0.29, 0.717) is 18.1 Å². The number of nitrogens with zero attached hydrogens (tertiary/aromatic N) is 2. The largest absolute Gasteiger partial charge is 0.487 e. The van der Waals surface area contributed by atoms with E-state index in [4.69, 9.17) is 14.7 Å². The predicted octanol–water partition coefficient (Wildman–Crippen LogP) is 1.39. The van der Waals surface area contributed by atoms with Crippen molar-refractivity contribution >= 4 is 12.2 Å². The molecule has 0 saturated carbocycles. The van der Waals surface area contributed by atoms with Crippen molar-refractivity contribution in [2.45, 2.75) is 6.92 Å². The first kappa shape index (κ1) is 13.7. The first-order valence-corrected chi connectivity index (χ1v) is 5.36. The van der Waals surface area contributed by atoms with E-state index in [9.17, 15) is 4.79 Å². The first-order chi connectivity index (χ1) is 8.77. The van der Waals surface area contributed by atoms with Gasteiger partial charge in [-0.1, -0.05) is 5.16 Å². The summed E-state index contributed by atoms with van der Waals surface area (Å²) in [5.74, 6) is 0.0493. The summed E-state index contributed by atoms with van der Waals surface area (Å²) in [4.78, 5) is 15.0. The second kappa shape index (κ2) is 7.83. The highest BCUT2D eigenvalue weighted by Crippen LogP contribution is 2.12. The minimum absolute atomic E-state index is 0.191. The molecule has 1 N–H and O–H groups in total. The van der Waals surface area contributed by atoms with Crippen LogP contribution in [0.5, 0.6) is 5.75 Å². The summed E-state index contributed by atoms with van der Waals surface area (Å²) in [6.07, 6.45) is 5.55. The molecule has 0 aliphatic heterocycles. The summed E-state index contributed by atoms with van der Waals surface area (Å²) in [7, 11) is 0. The van der Waals surface area contributed by atoms with Crippen LogP contribution < -0.4 is 4.74 Å². The highest BCUT2D eigenvalue weighted by atomic mass is 16.5. The SMILES string of the molecule is CCOC(=O)/C=C/COc1cccnc1/C=N\O. The topological polar surface area (TPSA) is 81.0 Å². The predicted molar refractivity (Wildman–Crippen MR) is 64.9 cm³/mol. The van der Waals surface area contributed by atoms with Gasteiger partial charge in [-0.05, 0) is 25.1 Å². The first-order valence-electron chi connectivity index (χ1n) is 5.36. The lowest BCUT2D eigenvalue weighted by molar-refractivity contribution is -0.137. The molecule has 18 heavy (non-hydrogen) atoms. The van der Waals surface area contributed by atoms with Crippen molar-refractivity contribution in [3.05, 3.63) is 36.2 Å². The molecule has 96 valence electrons. The van der Waals surface area contributed by atoms with E-state index < -0.39 is 5.97 Å². The van der Waals surface area contributed by atoms with Crippen LogP contribution >= 0.6 is 0 Å². The molecule has 0 aliphatic rings. The van der Waals surface area contributed by atoms with Crippen LogP contribution in [-0.4, -0.2) is 35.6 Å². The number of hydrogen-bond donors (Lipinski definition) is 1. The van der Waals surface area contributed by atoms with Gasteiger partial charge in [0, 0.05) is 12.3 Å². The average molecular weight is 250 g/mol. The molecule has 0 unspecified atom stereocenters. The molecule has 1 aromatic heterocycles. The third kappa shape index (κ3) is 4.65. The molecule has 1 heterocycles. The van der Waals surface area contributed by atoms with E-state index in [2.05, 4.69) is 10.1 Å². The van der Waals surface area contributed by atoms with Crippen molar-refractivity contribution in [3.63, 3.8) is 0 Å². The summed E-state index contributed by atoms with van der Waals surface area (Å²) in [5, 5.41) is 11.3. The zero-order chi connectivity index (χ0) is 13.2. The fraction of sp³-hybridized carbons (Fsp3) is 0.250. The van der Waals surface area contributed by atoms with E-state index >= 15 is 0 Å². The maximum absolute atomic E-state index is 11.0. The van der Waals surface area contributed by atoms with E-state index in [0.717, 1.165) is 0 Å². The Bertz CT molecular complexity index is 443. The molecule has 0 aromatic carbocycles. The molecule has 0 amide bonds. The minimum Gasteiger partial charge on any atom is -0.487 e. The average Bonchev–Trinajstić information content (AvgIpc) is 2.37. The lowest BCUT2D eigenvalue weighted by Gasteiger charge is -2.04. The van der Waals surface area contributed by atoms with Gasteiger partial charge in [-0.15, -0.1) is 0 Å². The van der Waals surface area contributed by atoms with Gasteiger partial charge >= 0.3 is 5.97 Å². The Morgan fingerprint density at radius 1 is 1.61 bits per heavy atom. The van der Waals surface area contributed by atoms with Crippen LogP contribution in [-0.2, 0) is 9.53 Å². The van der Waals surface area contributed by atoms with E-state index in [1.807, 2.05) is 0 Å². The van der Waals surface area contributed by atoms with Crippen LogP contribution in [0.15, 0.2) is 35.6 Å². The Balaban J connectivity index is 2.51. The van der Waals surface area contributed by atoms with Crippen molar-refractivity contribution in [1.29, 1.82) is 0 Å². The highest BCUT2D eigenvalue weighted by molar-refractivity contribution is 5.82. The Morgan fingerprint density at radius 2 is 2.44 bits per heavy atom. The number of oxime groups is 1. The summed E-state index contributed by atoms with van der Waals surface area (Å²) in [6, 6.07) is 3.38. The van der Waals surface area contributed by atoms with Crippen LogP contribution in [0.3, 0.4) is 0 Å². The van der Waals surface area contributed by atoms with E-state index in [-0.39, 0.29) is 6.61 Å². The Morgan fingerprint density at radius 3 is 3.17 bits per heavy atom. The van der Waals surface area contributed by atoms with Gasteiger partial charge in [-0.3, -0.25) is 4.98 Å². The number of pyridine rings is 1. The van der Waals surface area contributed by atoms with Gasteiger partial charge in [-0.2, -0.15) is 0 Å². The second-order valence-corrected chi connectivity index (χ2v) is 3.10. The van der Waals surface area contributed by atoms with Gasteiger partial charge in [-0.25, -0.2) is 4.79 Å². The van der Waals surface area contributed by atoms with Crippen molar-refractivity contribution < 1.29 is 19.5 Å². The third-order valence-electron chi connectivity index (χ3n) is 1.86. The van der Waals surface area contributed by atoms with Gasteiger partial charge in [0.05, 0.1) is 12.8 Å². The summed E-state index contributed by atoms with van der Waals surface area (Å²) < 4.78 is 10.1. The summed E-state index contributed by atoms with van der Waals surface area (Å²) in [5.41, 5.74) is 0.407. The monoisotopic (exact) mass is 250 g/mol. The molecule has 1 rings (SSSR count). The lowest BCUT2D eigenvalue weighted by Crippen LogP contribution is -2.02. The molecule has 1 aromatic rings. The van der Waals surface area contributed by atoms with Gasteiger partial charge in [0.2, 0.25) is 0 Å². The molecule has 6 nitrogen and oxygen atoms in total. The second-order valence-electron chi connectivity index (χ2n) is 3.10. The summed E-state index contributed by atoms with van der Waals surface area (Å²) >= 11 is 0. The molecular weight excluding hydrogens is 236 g/mol. The van der Waals surface area contributed by atoms with Crippen LogP contribution in [0, 0.1) is 0 Å². The molecule has 0 fully saturated rings. The van der Waals surface area contributed by atoms with Gasteiger partial charge in [0.15, 0.2) is 0 Å². The normalized spacial score (nSPS) is 10.9. The fourth-order valence-electron chi connectivity index (χ4n) is 1.15. The van der Waals surface area contributed by atoms with Crippen LogP contribution in [0.1, 0.15) is 12.6 Å². The Hall–Kier alpha value is -2.37. The van der Waals surface area contributed by atoms with Crippen molar-refractivity contribution in [2.24, 2.45) is 5.16 Å². The van der Waals surface area contributed by atoms with Gasteiger partial charge < -0.3 is 14.7 Å².